The molecule has 1 aliphatic rings. The van der Waals surface area contributed by atoms with Gasteiger partial charge in [-0.05, 0) is 137 Å². The maximum atomic E-state index is 7.08. The monoisotopic (exact) mass is 953 g/mol. The second-order valence-electron chi connectivity index (χ2n) is 19.9. The Hall–Kier alpha value is -9.76. The van der Waals surface area contributed by atoms with Crippen molar-refractivity contribution >= 4 is 71.3 Å². The lowest BCUT2D eigenvalue weighted by molar-refractivity contribution is 0.673. The minimum Gasteiger partial charge on any atom is -0.455 e. The third-order valence-corrected chi connectivity index (χ3v) is 15.9. The molecule has 350 valence electrons. The van der Waals surface area contributed by atoms with E-state index in [1.165, 1.54) is 77.2 Å². The molecular formula is C73H47NO. The van der Waals surface area contributed by atoms with Crippen molar-refractivity contribution in [1.82, 2.24) is 0 Å². The lowest BCUT2D eigenvalue weighted by Gasteiger charge is -2.34. The zero-order valence-electron chi connectivity index (χ0n) is 41.0. The summed E-state index contributed by atoms with van der Waals surface area (Å²) in [7, 11) is 0. The average molecular weight is 954 g/mol. The van der Waals surface area contributed by atoms with Gasteiger partial charge in [0.1, 0.15) is 11.2 Å². The average Bonchev–Trinajstić information content (AvgIpc) is 4.01. The predicted molar refractivity (Wildman–Crippen MR) is 315 cm³/mol. The van der Waals surface area contributed by atoms with E-state index in [4.69, 9.17) is 4.42 Å². The number of rotatable bonds is 8. The second-order valence-corrected chi connectivity index (χ2v) is 19.9. The van der Waals surface area contributed by atoms with Crippen molar-refractivity contribution in [2.24, 2.45) is 0 Å². The lowest BCUT2D eigenvalue weighted by Crippen LogP contribution is -2.28. The Balaban J connectivity index is 0.957. The van der Waals surface area contributed by atoms with Crippen LogP contribution in [-0.4, -0.2) is 0 Å². The molecule has 75 heavy (non-hydrogen) atoms. The molecule has 0 saturated carbocycles. The van der Waals surface area contributed by atoms with Crippen LogP contribution in [0, 0.1) is 0 Å². The standard InChI is InChI=1S/C73H47NO/c1-4-17-48(18-5-1)51-31-33-52(34-32-51)55-38-42-67-65(45-55)62-41-37-56(46-68(62)73(67,57-23-6-2-7-24-57)58-25-8-3-9-26-58)61-29-16-30-70-71(61)66-47-69(63-27-14-15-28-64(63)72(66)75-70)74(59-39-35-49-19-10-12-21-53(49)43-59)60-40-36-50-20-11-13-22-54(50)44-60/h1-47H. The highest BCUT2D eigenvalue weighted by Gasteiger charge is 2.46. The molecule has 0 bridgehead atoms. The molecule has 0 radical (unpaired) electrons. The van der Waals surface area contributed by atoms with Gasteiger partial charge in [0, 0.05) is 32.9 Å². The fraction of sp³-hybridized carbons (Fsp3) is 0.0137. The molecule has 0 spiro atoms. The van der Waals surface area contributed by atoms with Gasteiger partial charge < -0.3 is 9.32 Å². The van der Waals surface area contributed by atoms with Gasteiger partial charge in [-0.3, -0.25) is 0 Å². The highest BCUT2D eigenvalue weighted by molar-refractivity contribution is 6.23. The number of furan rings is 1. The number of hydrogen-bond donors (Lipinski definition) is 0. The Labute approximate surface area is 435 Å². The van der Waals surface area contributed by atoms with Crippen LogP contribution in [0.15, 0.2) is 290 Å². The number of nitrogens with zero attached hydrogens (tertiary/aromatic N) is 1. The Morgan fingerprint density at radius 2 is 0.827 bits per heavy atom. The largest absolute Gasteiger partial charge is 0.455 e. The minimum absolute atomic E-state index is 0.588. The summed E-state index contributed by atoms with van der Waals surface area (Å²) in [6, 6.07) is 105. The first-order chi connectivity index (χ1) is 37.2. The molecule has 0 amide bonds. The van der Waals surface area contributed by atoms with Crippen LogP contribution in [0.4, 0.5) is 17.1 Å². The molecule has 1 aliphatic carbocycles. The lowest BCUT2D eigenvalue weighted by atomic mass is 9.67. The Kier molecular flexibility index (Phi) is 9.83. The van der Waals surface area contributed by atoms with Crippen molar-refractivity contribution in [2.75, 3.05) is 4.90 Å². The van der Waals surface area contributed by atoms with Crippen molar-refractivity contribution in [3.05, 3.63) is 307 Å². The first kappa shape index (κ1) is 42.9. The van der Waals surface area contributed by atoms with Gasteiger partial charge in [0.2, 0.25) is 0 Å². The van der Waals surface area contributed by atoms with Gasteiger partial charge in [0.05, 0.1) is 11.1 Å². The molecule has 1 heterocycles. The molecule has 0 unspecified atom stereocenters. The van der Waals surface area contributed by atoms with Crippen LogP contribution < -0.4 is 4.90 Å². The third-order valence-electron chi connectivity index (χ3n) is 15.9. The molecule has 0 fully saturated rings. The van der Waals surface area contributed by atoms with E-state index >= 15 is 0 Å². The normalized spacial score (nSPS) is 12.6. The Bertz CT molecular complexity index is 4400. The molecule has 14 aromatic rings. The quantitative estimate of drug-likeness (QED) is 0.151. The summed E-state index contributed by atoms with van der Waals surface area (Å²) in [4.78, 5) is 2.44. The van der Waals surface area contributed by atoms with E-state index < -0.39 is 5.41 Å². The zero-order chi connectivity index (χ0) is 49.5. The smallest absolute Gasteiger partial charge is 0.143 e. The summed E-state index contributed by atoms with van der Waals surface area (Å²) < 4.78 is 7.08. The number of fused-ring (bicyclic) bond motifs is 10. The van der Waals surface area contributed by atoms with Gasteiger partial charge >= 0.3 is 0 Å². The van der Waals surface area contributed by atoms with Crippen LogP contribution in [0.5, 0.6) is 0 Å². The van der Waals surface area contributed by atoms with Gasteiger partial charge in [0.25, 0.3) is 0 Å². The topological polar surface area (TPSA) is 16.4 Å². The molecule has 15 rings (SSSR count). The van der Waals surface area contributed by atoms with Crippen LogP contribution in [0.1, 0.15) is 22.3 Å². The van der Waals surface area contributed by atoms with Crippen molar-refractivity contribution in [1.29, 1.82) is 0 Å². The number of benzene rings is 13. The van der Waals surface area contributed by atoms with Crippen molar-refractivity contribution < 1.29 is 4.42 Å². The summed E-state index contributed by atoms with van der Waals surface area (Å²) in [5, 5.41) is 9.16. The van der Waals surface area contributed by atoms with E-state index in [9.17, 15) is 0 Å². The van der Waals surface area contributed by atoms with Gasteiger partial charge in [-0.1, -0.05) is 237 Å². The van der Waals surface area contributed by atoms with Crippen molar-refractivity contribution in [3.63, 3.8) is 0 Å². The van der Waals surface area contributed by atoms with Gasteiger partial charge in [-0.25, -0.2) is 0 Å². The first-order valence-electron chi connectivity index (χ1n) is 25.9. The van der Waals surface area contributed by atoms with Gasteiger partial charge in [-0.2, -0.15) is 0 Å². The molecule has 1 aromatic heterocycles. The van der Waals surface area contributed by atoms with Gasteiger partial charge in [0.15, 0.2) is 0 Å². The van der Waals surface area contributed by atoms with Crippen LogP contribution in [-0.2, 0) is 5.41 Å². The van der Waals surface area contributed by atoms with E-state index in [0.29, 0.717) is 0 Å². The molecule has 13 aromatic carbocycles. The molecule has 0 aliphatic heterocycles. The molecule has 2 nitrogen and oxygen atoms in total. The second kappa shape index (κ2) is 17.2. The predicted octanol–water partition coefficient (Wildman–Crippen LogP) is 19.9. The fourth-order valence-electron chi connectivity index (χ4n) is 12.4. The highest BCUT2D eigenvalue weighted by atomic mass is 16.3. The minimum atomic E-state index is -0.588. The van der Waals surface area contributed by atoms with E-state index in [1.54, 1.807) is 0 Å². The van der Waals surface area contributed by atoms with Crippen LogP contribution in [0.2, 0.25) is 0 Å². The van der Waals surface area contributed by atoms with Crippen molar-refractivity contribution in [3.8, 4) is 44.5 Å². The van der Waals surface area contributed by atoms with Gasteiger partial charge in [-0.15, -0.1) is 0 Å². The van der Waals surface area contributed by atoms with Crippen molar-refractivity contribution in [2.45, 2.75) is 5.41 Å². The summed E-state index contributed by atoms with van der Waals surface area (Å²) >= 11 is 0. The Morgan fingerprint density at radius 1 is 0.293 bits per heavy atom. The van der Waals surface area contributed by atoms with Crippen LogP contribution in [0.25, 0.3) is 98.8 Å². The first-order valence-corrected chi connectivity index (χ1v) is 25.9. The molecule has 2 heteroatoms. The zero-order valence-corrected chi connectivity index (χ0v) is 41.0. The fourth-order valence-corrected chi connectivity index (χ4v) is 12.4. The molecule has 0 atom stereocenters. The maximum absolute atomic E-state index is 7.08. The van der Waals surface area contributed by atoms with E-state index in [2.05, 4.69) is 290 Å². The van der Waals surface area contributed by atoms with Crippen LogP contribution in [0.3, 0.4) is 0 Å². The highest BCUT2D eigenvalue weighted by Crippen LogP contribution is 2.58. The van der Waals surface area contributed by atoms with E-state index in [1.807, 2.05) is 0 Å². The third kappa shape index (κ3) is 6.80. The SMILES string of the molecule is c1ccc(-c2ccc(-c3ccc4c(c3)-c3ccc(-c5cccc6oc7c8ccccc8c(N(c8ccc9ccccc9c8)c8ccc9ccccc9c8)cc7c56)cc3C4(c3ccccc3)c3ccccc3)cc2)cc1. The van der Waals surface area contributed by atoms with E-state index in [-0.39, 0.29) is 0 Å². The molecular weight excluding hydrogens is 907 g/mol. The molecule has 0 saturated heterocycles. The summed E-state index contributed by atoms with van der Waals surface area (Å²) in [6.07, 6.45) is 0. The number of hydrogen-bond acceptors (Lipinski definition) is 2. The van der Waals surface area contributed by atoms with Crippen LogP contribution >= 0.6 is 0 Å². The summed E-state index contributed by atoms with van der Waals surface area (Å²) in [6.45, 7) is 0. The molecule has 0 N–H and O–H groups in total. The van der Waals surface area contributed by atoms with E-state index in [0.717, 1.165) is 60.9 Å². The maximum Gasteiger partial charge on any atom is 0.143 e. The summed E-state index contributed by atoms with van der Waals surface area (Å²) in [5.74, 6) is 0. The Morgan fingerprint density at radius 3 is 1.48 bits per heavy atom. The number of anilines is 3. The summed E-state index contributed by atoms with van der Waals surface area (Å²) in [5.41, 5.74) is 19.0.